The monoisotopic (exact) mass is 490 g/mol. The molecule has 0 bridgehead atoms. The standard InChI is InChI=1S/C27H23ClN2O3S/c28-23-14-8-7-13-22(23)24-18-34-27(29-24)30(17-20-11-5-2-6-12-20)26(33)21(16-25(31)32)15-19-9-3-1-4-10-19/h1-14,18,21H,15-17H2,(H,31,32). The van der Waals surface area contributed by atoms with E-state index in [0.29, 0.717) is 28.8 Å². The van der Waals surface area contributed by atoms with Gasteiger partial charge in [0.2, 0.25) is 5.91 Å². The van der Waals surface area contributed by atoms with Gasteiger partial charge in [0.1, 0.15) is 0 Å². The molecule has 7 heteroatoms. The lowest BCUT2D eigenvalue weighted by molar-refractivity contribution is -0.140. The van der Waals surface area contributed by atoms with Crippen molar-refractivity contribution < 1.29 is 14.7 Å². The van der Waals surface area contributed by atoms with E-state index in [1.54, 1.807) is 11.0 Å². The van der Waals surface area contributed by atoms with E-state index in [2.05, 4.69) is 0 Å². The van der Waals surface area contributed by atoms with Gasteiger partial charge in [-0.2, -0.15) is 0 Å². The molecule has 4 aromatic rings. The number of rotatable bonds is 9. The van der Waals surface area contributed by atoms with Gasteiger partial charge < -0.3 is 5.11 Å². The number of anilines is 1. The summed E-state index contributed by atoms with van der Waals surface area (Å²) in [6.45, 7) is 0.292. The normalized spacial score (nSPS) is 11.7. The van der Waals surface area contributed by atoms with Crippen molar-refractivity contribution in [2.24, 2.45) is 5.92 Å². The summed E-state index contributed by atoms with van der Waals surface area (Å²) >= 11 is 7.70. The van der Waals surface area contributed by atoms with Gasteiger partial charge in [-0.15, -0.1) is 11.3 Å². The maximum atomic E-state index is 13.8. The predicted octanol–water partition coefficient (Wildman–Crippen LogP) is 6.33. The van der Waals surface area contributed by atoms with Crippen molar-refractivity contribution in [2.45, 2.75) is 19.4 Å². The Morgan fingerprint density at radius 2 is 1.53 bits per heavy atom. The number of carboxylic acid groups (broad SMARTS) is 1. The van der Waals surface area contributed by atoms with Crippen molar-refractivity contribution in [3.8, 4) is 11.3 Å². The molecule has 0 radical (unpaired) electrons. The molecule has 1 heterocycles. The Labute approximate surface area is 207 Å². The van der Waals surface area contributed by atoms with Crippen molar-refractivity contribution in [3.63, 3.8) is 0 Å². The topological polar surface area (TPSA) is 70.5 Å². The fourth-order valence-electron chi connectivity index (χ4n) is 3.76. The fourth-order valence-corrected chi connectivity index (χ4v) is 4.83. The van der Waals surface area contributed by atoms with Gasteiger partial charge in [0.15, 0.2) is 5.13 Å². The highest BCUT2D eigenvalue weighted by Crippen LogP contribution is 2.33. The Kier molecular flexibility index (Phi) is 7.72. The number of thiazole rings is 1. The lowest BCUT2D eigenvalue weighted by Gasteiger charge is -2.25. The summed E-state index contributed by atoms with van der Waals surface area (Å²) in [7, 11) is 0. The summed E-state index contributed by atoms with van der Waals surface area (Å²) in [6, 6.07) is 26.5. The number of hydrogen-bond acceptors (Lipinski definition) is 4. The number of halogens is 1. The van der Waals surface area contributed by atoms with E-state index in [-0.39, 0.29) is 12.3 Å². The van der Waals surface area contributed by atoms with Crippen molar-refractivity contribution >= 4 is 39.9 Å². The van der Waals surface area contributed by atoms with Gasteiger partial charge in [-0.25, -0.2) is 4.98 Å². The van der Waals surface area contributed by atoms with Crippen LogP contribution in [0.4, 0.5) is 5.13 Å². The molecule has 4 rings (SSSR count). The van der Waals surface area contributed by atoms with Crippen LogP contribution in [-0.2, 0) is 22.6 Å². The third kappa shape index (κ3) is 5.90. The summed E-state index contributed by atoms with van der Waals surface area (Å²) in [6.07, 6.45) is 0.0712. The van der Waals surface area contributed by atoms with Gasteiger partial charge in [-0.3, -0.25) is 14.5 Å². The van der Waals surface area contributed by atoms with Gasteiger partial charge in [0.25, 0.3) is 0 Å². The minimum atomic E-state index is -1.01. The van der Waals surface area contributed by atoms with Crippen molar-refractivity contribution in [3.05, 3.63) is 106 Å². The van der Waals surface area contributed by atoms with Gasteiger partial charge >= 0.3 is 5.97 Å². The van der Waals surface area contributed by atoms with Crippen LogP contribution in [0.2, 0.25) is 5.02 Å². The Hall–Kier alpha value is -3.48. The molecule has 0 aliphatic rings. The number of hydrogen-bond donors (Lipinski definition) is 1. The average Bonchev–Trinajstić information content (AvgIpc) is 3.33. The van der Waals surface area contributed by atoms with Crippen molar-refractivity contribution in [1.29, 1.82) is 0 Å². The summed E-state index contributed by atoms with van der Waals surface area (Å²) in [5.41, 5.74) is 3.30. The first-order valence-electron chi connectivity index (χ1n) is 10.8. The van der Waals surface area contributed by atoms with Crippen molar-refractivity contribution in [1.82, 2.24) is 4.98 Å². The maximum Gasteiger partial charge on any atom is 0.304 e. The summed E-state index contributed by atoms with van der Waals surface area (Å²) in [5, 5.41) is 12.5. The van der Waals surface area contributed by atoms with Crippen LogP contribution in [0.1, 0.15) is 17.5 Å². The molecule has 172 valence electrons. The molecule has 0 saturated heterocycles. The molecular formula is C27H23ClN2O3S. The zero-order valence-electron chi connectivity index (χ0n) is 18.3. The Balaban J connectivity index is 1.69. The number of carbonyl (C=O) groups excluding carboxylic acids is 1. The van der Waals surface area contributed by atoms with E-state index < -0.39 is 11.9 Å². The minimum Gasteiger partial charge on any atom is -0.481 e. The number of carboxylic acids is 1. The van der Waals surface area contributed by atoms with Crippen LogP contribution in [-0.4, -0.2) is 22.0 Å². The van der Waals surface area contributed by atoms with Crippen LogP contribution >= 0.6 is 22.9 Å². The molecule has 0 fully saturated rings. The van der Waals surface area contributed by atoms with Crippen LogP contribution < -0.4 is 4.90 Å². The van der Waals surface area contributed by atoms with E-state index in [9.17, 15) is 14.7 Å². The lowest BCUT2D eigenvalue weighted by Crippen LogP contribution is -2.37. The molecule has 1 unspecified atom stereocenters. The van der Waals surface area contributed by atoms with Gasteiger partial charge in [-0.1, -0.05) is 90.5 Å². The van der Waals surface area contributed by atoms with Gasteiger partial charge in [-0.05, 0) is 23.6 Å². The molecule has 1 aromatic heterocycles. The summed E-state index contributed by atoms with van der Waals surface area (Å²) in [5.74, 6) is -2.00. The molecule has 34 heavy (non-hydrogen) atoms. The second-order valence-corrected chi connectivity index (χ2v) is 9.13. The number of carbonyl (C=O) groups is 2. The molecule has 3 aromatic carbocycles. The number of nitrogens with zero attached hydrogens (tertiary/aromatic N) is 2. The van der Waals surface area contributed by atoms with Crippen LogP contribution in [0, 0.1) is 5.92 Å². The van der Waals surface area contributed by atoms with E-state index in [1.807, 2.05) is 84.2 Å². The number of aliphatic carboxylic acids is 1. The number of amides is 1. The summed E-state index contributed by atoms with van der Waals surface area (Å²) < 4.78 is 0. The molecule has 5 nitrogen and oxygen atoms in total. The second-order valence-electron chi connectivity index (χ2n) is 7.89. The average molecular weight is 491 g/mol. The zero-order chi connectivity index (χ0) is 23.9. The third-order valence-electron chi connectivity index (χ3n) is 5.42. The van der Waals surface area contributed by atoms with Crippen LogP contribution in [0.5, 0.6) is 0 Å². The SMILES string of the molecule is O=C(O)CC(Cc1ccccc1)C(=O)N(Cc1ccccc1)c1nc(-c2ccccc2Cl)cs1. The minimum absolute atomic E-state index is 0.262. The van der Waals surface area contributed by atoms with E-state index in [1.165, 1.54) is 11.3 Å². The molecule has 0 spiro atoms. The van der Waals surface area contributed by atoms with Crippen LogP contribution in [0.3, 0.4) is 0 Å². The van der Waals surface area contributed by atoms with Gasteiger partial charge in [0.05, 0.1) is 24.6 Å². The molecule has 0 saturated carbocycles. The Morgan fingerprint density at radius 1 is 0.912 bits per heavy atom. The molecule has 1 amide bonds. The molecule has 1 N–H and O–H groups in total. The van der Waals surface area contributed by atoms with E-state index in [4.69, 9.17) is 16.6 Å². The lowest BCUT2D eigenvalue weighted by atomic mass is 9.94. The largest absolute Gasteiger partial charge is 0.481 e. The molecule has 1 atom stereocenters. The second kappa shape index (κ2) is 11.1. The van der Waals surface area contributed by atoms with E-state index >= 15 is 0 Å². The van der Waals surface area contributed by atoms with Crippen molar-refractivity contribution in [2.75, 3.05) is 4.90 Å². The Bertz CT molecular complexity index is 1260. The first-order valence-corrected chi connectivity index (χ1v) is 12.1. The van der Waals surface area contributed by atoms with E-state index in [0.717, 1.165) is 16.7 Å². The molecular weight excluding hydrogens is 468 g/mol. The molecule has 0 aliphatic carbocycles. The van der Waals surface area contributed by atoms with Crippen LogP contribution in [0.15, 0.2) is 90.3 Å². The number of benzene rings is 3. The first kappa shape index (κ1) is 23.7. The Morgan fingerprint density at radius 3 is 2.18 bits per heavy atom. The third-order valence-corrected chi connectivity index (χ3v) is 6.61. The predicted molar refractivity (Wildman–Crippen MR) is 136 cm³/mol. The fraction of sp³-hybridized carbons (Fsp3) is 0.148. The smallest absolute Gasteiger partial charge is 0.304 e. The highest BCUT2D eigenvalue weighted by Gasteiger charge is 2.30. The first-order chi connectivity index (χ1) is 16.5. The maximum absolute atomic E-state index is 13.8. The zero-order valence-corrected chi connectivity index (χ0v) is 19.9. The summed E-state index contributed by atoms with van der Waals surface area (Å²) in [4.78, 5) is 31.8. The highest BCUT2D eigenvalue weighted by molar-refractivity contribution is 7.14. The number of aromatic nitrogens is 1. The molecule has 0 aliphatic heterocycles. The van der Waals surface area contributed by atoms with Crippen LogP contribution in [0.25, 0.3) is 11.3 Å². The highest BCUT2D eigenvalue weighted by atomic mass is 35.5. The quantitative estimate of drug-likeness (QED) is 0.297. The van der Waals surface area contributed by atoms with Gasteiger partial charge in [0, 0.05) is 16.0 Å².